The number of anilines is 1. The maximum atomic E-state index is 12.0. The zero-order chi connectivity index (χ0) is 17.0. The van der Waals surface area contributed by atoms with Crippen LogP contribution < -0.4 is 4.90 Å². The van der Waals surface area contributed by atoms with Gasteiger partial charge in [-0.2, -0.15) is 5.26 Å². The van der Waals surface area contributed by atoms with E-state index < -0.39 is 5.60 Å². The van der Waals surface area contributed by atoms with Crippen LogP contribution in [0.2, 0.25) is 0 Å². The topological polar surface area (TPSA) is 56.6 Å². The summed E-state index contributed by atoms with van der Waals surface area (Å²) in [6.07, 6.45) is 0.780. The van der Waals surface area contributed by atoms with Crippen LogP contribution in [0.4, 0.5) is 10.5 Å². The van der Waals surface area contributed by atoms with E-state index in [1.807, 2.05) is 45.0 Å². The number of carbonyl (C=O) groups is 1. The highest BCUT2D eigenvalue weighted by Crippen LogP contribution is 2.25. The first-order valence-electron chi connectivity index (χ1n) is 7.98. The maximum Gasteiger partial charge on any atom is 0.410 e. The van der Waals surface area contributed by atoms with Gasteiger partial charge in [-0.05, 0) is 57.4 Å². The Balaban J connectivity index is 1.87. The fourth-order valence-electron chi connectivity index (χ4n) is 2.76. The van der Waals surface area contributed by atoms with Crippen LogP contribution in [-0.4, -0.2) is 43.3 Å². The summed E-state index contributed by atoms with van der Waals surface area (Å²) in [4.78, 5) is 16.0. The number of amides is 1. The average Bonchev–Trinajstić information content (AvgIpc) is 2.94. The molecule has 5 heteroatoms. The Morgan fingerprint density at radius 2 is 2.04 bits per heavy atom. The predicted molar refractivity (Wildman–Crippen MR) is 90.3 cm³/mol. The standard InChI is InChI=1S/C18H25N3O2/c1-18(2,3)23-17(22)20(4)12-15-9-10-21(13-15)16-7-5-14(11-19)6-8-16/h5-8,15H,9-10,12-13H2,1-4H3. The number of rotatable bonds is 3. The SMILES string of the molecule is CN(CC1CCN(c2ccc(C#N)cc2)C1)C(=O)OC(C)(C)C. The molecular formula is C18H25N3O2. The molecule has 0 saturated carbocycles. The first-order chi connectivity index (χ1) is 10.8. The van der Waals surface area contributed by atoms with Crippen molar-refractivity contribution in [1.29, 1.82) is 5.26 Å². The van der Waals surface area contributed by atoms with Gasteiger partial charge in [-0.25, -0.2) is 4.79 Å². The molecule has 0 bridgehead atoms. The van der Waals surface area contributed by atoms with Crippen molar-refractivity contribution in [2.45, 2.75) is 32.8 Å². The van der Waals surface area contributed by atoms with Crippen LogP contribution >= 0.6 is 0 Å². The molecule has 1 aromatic carbocycles. The Bertz CT molecular complexity index is 584. The molecule has 1 fully saturated rings. The van der Waals surface area contributed by atoms with E-state index in [0.717, 1.165) is 25.2 Å². The van der Waals surface area contributed by atoms with Crippen molar-refractivity contribution in [3.05, 3.63) is 29.8 Å². The van der Waals surface area contributed by atoms with E-state index in [2.05, 4.69) is 11.0 Å². The monoisotopic (exact) mass is 315 g/mol. The molecule has 1 amide bonds. The molecule has 1 atom stereocenters. The number of hydrogen-bond donors (Lipinski definition) is 0. The minimum Gasteiger partial charge on any atom is -0.444 e. The molecule has 0 radical (unpaired) electrons. The van der Waals surface area contributed by atoms with Crippen LogP contribution in [0.15, 0.2) is 24.3 Å². The van der Waals surface area contributed by atoms with E-state index in [0.29, 0.717) is 18.0 Å². The Hall–Kier alpha value is -2.22. The first-order valence-corrected chi connectivity index (χ1v) is 7.98. The third-order valence-electron chi connectivity index (χ3n) is 3.88. The van der Waals surface area contributed by atoms with Crippen molar-refractivity contribution >= 4 is 11.8 Å². The van der Waals surface area contributed by atoms with E-state index in [1.54, 1.807) is 11.9 Å². The highest BCUT2D eigenvalue weighted by molar-refractivity contribution is 5.67. The summed E-state index contributed by atoms with van der Waals surface area (Å²) in [5, 5.41) is 8.85. The molecule has 1 aliphatic rings. The van der Waals surface area contributed by atoms with E-state index in [4.69, 9.17) is 10.00 Å². The number of benzene rings is 1. The van der Waals surface area contributed by atoms with Gasteiger partial charge in [0.1, 0.15) is 5.60 Å². The Kier molecular flexibility index (Phi) is 5.15. The summed E-state index contributed by atoms with van der Waals surface area (Å²) in [7, 11) is 1.79. The Morgan fingerprint density at radius 3 is 2.61 bits per heavy atom. The van der Waals surface area contributed by atoms with E-state index in [1.165, 1.54) is 0 Å². The molecule has 1 unspecified atom stereocenters. The highest BCUT2D eigenvalue weighted by atomic mass is 16.6. The van der Waals surface area contributed by atoms with Crippen molar-refractivity contribution in [3.63, 3.8) is 0 Å². The minimum atomic E-state index is -0.463. The molecule has 124 valence electrons. The third-order valence-corrected chi connectivity index (χ3v) is 3.88. The molecule has 0 aromatic heterocycles. The van der Waals surface area contributed by atoms with Crippen molar-refractivity contribution < 1.29 is 9.53 Å². The van der Waals surface area contributed by atoms with Crippen LogP contribution in [0, 0.1) is 17.2 Å². The van der Waals surface area contributed by atoms with Gasteiger partial charge in [0.2, 0.25) is 0 Å². The summed E-state index contributed by atoms with van der Waals surface area (Å²) in [5.41, 5.74) is 1.34. The van der Waals surface area contributed by atoms with Crippen LogP contribution in [0.1, 0.15) is 32.8 Å². The summed E-state index contributed by atoms with van der Waals surface area (Å²) >= 11 is 0. The zero-order valence-corrected chi connectivity index (χ0v) is 14.4. The van der Waals surface area contributed by atoms with Gasteiger partial charge in [-0.15, -0.1) is 0 Å². The predicted octanol–water partition coefficient (Wildman–Crippen LogP) is 3.25. The van der Waals surface area contributed by atoms with Gasteiger partial charge in [0.05, 0.1) is 11.6 Å². The van der Waals surface area contributed by atoms with Gasteiger partial charge in [0, 0.05) is 32.4 Å². The largest absolute Gasteiger partial charge is 0.444 e. The number of hydrogen-bond acceptors (Lipinski definition) is 4. The van der Waals surface area contributed by atoms with Gasteiger partial charge in [0.25, 0.3) is 0 Å². The first kappa shape index (κ1) is 17.1. The molecule has 5 nitrogen and oxygen atoms in total. The molecule has 2 rings (SSSR count). The number of carbonyl (C=O) groups excluding carboxylic acids is 1. The van der Waals surface area contributed by atoms with E-state index in [-0.39, 0.29) is 6.09 Å². The zero-order valence-electron chi connectivity index (χ0n) is 14.4. The summed E-state index contributed by atoms with van der Waals surface area (Å²) in [5.74, 6) is 0.433. The lowest BCUT2D eigenvalue weighted by Gasteiger charge is -2.26. The second kappa shape index (κ2) is 6.91. The van der Waals surface area contributed by atoms with Crippen LogP contribution in [0.5, 0.6) is 0 Å². The maximum absolute atomic E-state index is 12.0. The van der Waals surface area contributed by atoms with Gasteiger partial charge in [-0.1, -0.05) is 0 Å². The smallest absolute Gasteiger partial charge is 0.410 e. The quantitative estimate of drug-likeness (QED) is 0.859. The second-order valence-electron chi connectivity index (χ2n) is 7.12. The third kappa shape index (κ3) is 4.88. The molecule has 1 saturated heterocycles. The molecule has 1 aromatic rings. The molecule has 0 spiro atoms. The van der Waals surface area contributed by atoms with Crippen LogP contribution in [0.25, 0.3) is 0 Å². The van der Waals surface area contributed by atoms with Crippen LogP contribution in [0.3, 0.4) is 0 Å². The summed E-state index contributed by atoms with van der Waals surface area (Å²) < 4.78 is 5.39. The van der Waals surface area contributed by atoms with E-state index >= 15 is 0 Å². The molecule has 0 N–H and O–H groups in total. The molecule has 1 heterocycles. The lowest BCUT2D eigenvalue weighted by atomic mass is 10.1. The Labute approximate surface area is 138 Å². The second-order valence-corrected chi connectivity index (χ2v) is 7.12. The van der Waals surface area contributed by atoms with Gasteiger partial charge < -0.3 is 14.5 Å². The fraction of sp³-hybridized carbons (Fsp3) is 0.556. The van der Waals surface area contributed by atoms with Crippen molar-refractivity contribution in [3.8, 4) is 6.07 Å². The highest BCUT2D eigenvalue weighted by Gasteiger charge is 2.27. The van der Waals surface area contributed by atoms with Crippen molar-refractivity contribution in [1.82, 2.24) is 4.90 Å². The van der Waals surface area contributed by atoms with E-state index in [9.17, 15) is 4.79 Å². The van der Waals surface area contributed by atoms with Gasteiger partial charge in [0.15, 0.2) is 0 Å². The molecular weight excluding hydrogens is 290 g/mol. The average molecular weight is 315 g/mol. The lowest BCUT2D eigenvalue weighted by molar-refractivity contribution is 0.0277. The lowest BCUT2D eigenvalue weighted by Crippen LogP contribution is -2.37. The minimum absolute atomic E-state index is 0.269. The molecule has 1 aliphatic heterocycles. The van der Waals surface area contributed by atoms with Crippen molar-refractivity contribution in [2.24, 2.45) is 5.92 Å². The molecule has 0 aliphatic carbocycles. The normalized spacial score (nSPS) is 17.7. The van der Waals surface area contributed by atoms with Gasteiger partial charge in [-0.3, -0.25) is 0 Å². The number of ether oxygens (including phenoxy) is 1. The summed E-state index contributed by atoms with van der Waals surface area (Å²) in [6, 6.07) is 9.79. The Morgan fingerprint density at radius 1 is 1.39 bits per heavy atom. The van der Waals surface area contributed by atoms with Gasteiger partial charge >= 0.3 is 6.09 Å². The van der Waals surface area contributed by atoms with Crippen LogP contribution in [-0.2, 0) is 4.74 Å². The van der Waals surface area contributed by atoms with Crippen molar-refractivity contribution in [2.75, 3.05) is 31.6 Å². The summed E-state index contributed by atoms with van der Waals surface area (Å²) in [6.45, 7) is 8.21. The number of nitriles is 1. The number of nitrogens with zero attached hydrogens (tertiary/aromatic N) is 3. The fourth-order valence-corrected chi connectivity index (χ4v) is 2.76. The molecule has 23 heavy (non-hydrogen) atoms.